The number of sulfonamides is 1. The zero-order valence-corrected chi connectivity index (χ0v) is 18.1. The van der Waals surface area contributed by atoms with Crippen molar-refractivity contribution in [2.75, 3.05) is 13.1 Å². The van der Waals surface area contributed by atoms with Crippen LogP contribution in [0, 0.1) is 0 Å². The highest BCUT2D eigenvalue weighted by Crippen LogP contribution is 2.30. The number of aryl methyl sites for hydroxylation is 1. The molecule has 1 atom stereocenters. The molecule has 1 N–H and O–H groups in total. The Hall–Kier alpha value is -2.20. The number of piperidine rings is 1. The Bertz CT molecular complexity index is 977. The number of carbonyl (C=O) groups excluding carboxylic acids is 1. The Balaban J connectivity index is 1.42. The number of hydrogen-bond acceptors (Lipinski definition) is 6. The summed E-state index contributed by atoms with van der Waals surface area (Å²) < 4.78 is 34.4. The minimum Gasteiger partial charge on any atom is -0.351 e. The van der Waals surface area contributed by atoms with E-state index < -0.39 is 10.0 Å². The smallest absolute Gasteiger partial charge is 0.290 e. The molecule has 9 nitrogen and oxygen atoms in total. The van der Waals surface area contributed by atoms with Crippen molar-refractivity contribution in [1.82, 2.24) is 24.6 Å². The van der Waals surface area contributed by atoms with Crippen molar-refractivity contribution in [3.8, 4) is 0 Å². The minimum absolute atomic E-state index is 0.102. The van der Waals surface area contributed by atoms with Crippen LogP contribution >= 0.6 is 0 Å². The largest absolute Gasteiger partial charge is 0.351 e. The maximum Gasteiger partial charge on any atom is 0.290 e. The van der Waals surface area contributed by atoms with Crippen LogP contribution in [0.3, 0.4) is 0 Å². The van der Waals surface area contributed by atoms with Gasteiger partial charge in [0.1, 0.15) is 4.90 Å². The summed E-state index contributed by atoms with van der Waals surface area (Å²) >= 11 is 0. The van der Waals surface area contributed by atoms with Crippen LogP contribution in [0.2, 0.25) is 0 Å². The molecule has 1 amide bonds. The maximum absolute atomic E-state index is 13.0. The van der Waals surface area contributed by atoms with Gasteiger partial charge in [0.25, 0.3) is 5.91 Å². The average molecular weight is 436 g/mol. The Morgan fingerprint density at radius 2 is 2.03 bits per heavy atom. The van der Waals surface area contributed by atoms with Crippen molar-refractivity contribution < 1.29 is 17.7 Å². The molecule has 30 heavy (non-hydrogen) atoms. The fourth-order valence-electron chi connectivity index (χ4n) is 4.29. The number of aromatic nitrogens is 3. The molecule has 2 fully saturated rings. The van der Waals surface area contributed by atoms with Crippen molar-refractivity contribution in [3.05, 3.63) is 29.9 Å². The second-order valence-corrected chi connectivity index (χ2v) is 10.1. The molecule has 1 unspecified atom stereocenters. The van der Waals surface area contributed by atoms with Gasteiger partial charge in [-0.15, -0.1) is 0 Å². The van der Waals surface area contributed by atoms with Gasteiger partial charge in [0.15, 0.2) is 0 Å². The molecule has 164 valence electrons. The number of nitrogens with one attached hydrogen (secondary N) is 1. The molecule has 10 heteroatoms. The molecule has 0 aromatic carbocycles. The fraction of sp³-hybridized carbons (Fsp3) is 0.650. The SMILES string of the molecule is CCn1cc(S(=O)(=O)N2CCCC(c3cc(C(=O)NC4CCCCC4)on3)C2)cn1. The molecule has 2 aromatic heterocycles. The van der Waals surface area contributed by atoms with Crippen LogP contribution in [0.4, 0.5) is 0 Å². The summed E-state index contributed by atoms with van der Waals surface area (Å²) in [7, 11) is -3.61. The average Bonchev–Trinajstić information content (AvgIpc) is 3.45. The number of rotatable bonds is 6. The molecule has 3 heterocycles. The van der Waals surface area contributed by atoms with Crippen LogP contribution in [-0.2, 0) is 16.6 Å². The molecule has 0 bridgehead atoms. The number of nitrogens with zero attached hydrogens (tertiary/aromatic N) is 4. The van der Waals surface area contributed by atoms with E-state index in [0.717, 1.165) is 38.5 Å². The lowest BCUT2D eigenvalue weighted by Crippen LogP contribution is -2.39. The first-order chi connectivity index (χ1) is 14.5. The summed E-state index contributed by atoms with van der Waals surface area (Å²) in [5.41, 5.74) is 0.632. The lowest BCUT2D eigenvalue weighted by molar-refractivity contribution is 0.0890. The molecule has 2 aliphatic rings. The Morgan fingerprint density at radius 3 is 2.77 bits per heavy atom. The monoisotopic (exact) mass is 435 g/mol. The van der Waals surface area contributed by atoms with Gasteiger partial charge in [-0.05, 0) is 32.6 Å². The predicted octanol–water partition coefficient (Wildman–Crippen LogP) is 2.52. The highest BCUT2D eigenvalue weighted by molar-refractivity contribution is 7.89. The fourth-order valence-corrected chi connectivity index (χ4v) is 5.77. The second-order valence-electron chi connectivity index (χ2n) is 8.16. The van der Waals surface area contributed by atoms with E-state index in [2.05, 4.69) is 15.6 Å². The van der Waals surface area contributed by atoms with Crippen LogP contribution in [0.15, 0.2) is 27.9 Å². The third-order valence-electron chi connectivity index (χ3n) is 6.07. The third-order valence-corrected chi connectivity index (χ3v) is 7.88. The molecule has 1 aliphatic heterocycles. The quantitative estimate of drug-likeness (QED) is 0.746. The van der Waals surface area contributed by atoms with Gasteiger partial charge in [-0.2, -0.15) is 9.40 Å². The number of carbonyl (C=O) groups is 1. The van der Waals surface area contributed by atoms with E-state index in [-0.39, 0.29) is 28.5 Å². The summed E-state index contributed by atoms with van der Waals surface area (Å²) in [5, 5.41) is 11.2. The summed E-state index contributed by atoms with van der Waals surface area (Å²) in [5.74, 6) is -0.151. The number of hydrogen-bond donors (Lipinski definition) is 1. The Morgan fingerprint density at radius 1 is 1.23 bits per heavy atom. The molecule has 4 rings (SSSR count). The molecular formula is C20H29N5O4S. The first-order valence-electron chi connectivity index (χ1n) is 10.8. The van der Waals surface area contributed by atoms with Gasteiger partial charge >= 0.3 is 0 Å². The van der Waals surface area contributed by atoms with Crippen molar-refractivity contribution in [1.29, 1.82) is 0 Å². The number of amides is 1. The van der Waals surface area contributed by atoms with E-state index in [1.807, 2.05) is 6.92 Å². The van der Waals surface area contributed by atoms with Crippen molar-refractivity contribution >= 4 is 15.9 Å². The first-order valence-corrected chi connectivity index (χ1v) is 12.2. The highest BCUT2D eigenvalue weighted by Gasteiger charge is 2.33. The molecule has 0 spiro atoms. The van der Waals surface area contributed by atoms with Crippen molar-refractivity contribution in [3.63, 3.8) is 0 Å². The van der Waals surface area contributed by atoms with Crippen LogP contribution < -0.4 is 5.32 Å². The van der Waals surface area contributed by atoms with Crippen LogP contribution in [0.25, 0.3) is 0 Å². The van der Waals surface area contributed by atoms with Gasteiger partial charge in [-0.25, -0.2) is 8.42 Å². The highest BCUT2D eigenvalue weighted by atomic mass is 32.2. The van der Waals surface area contributed by atoms with E-state index in [4.69, 9.17) is 4.52 Å². The minimum atomic E-state index is -3.61. The van der Waals surface area contributed by atoms with Gasteiger partial charge in [0.2, 0.25) is 15.8 Å². The van der Waals surface area contributed by atoms with E-state index in [0.29, 0.717) is 25.3 Å². The molecule has 2 aromatic rings. The standard InChI is InChI=1S/C20H29N5O4S/c1-2-24-14-17(12-21-24)30(27,28)25-10-6-7-15(13-25)18-11-19(29-23-18)20(26)22-16-8-4-3-5-9-16/h11-12,14-16H,2-10,13H2,1H3,(H,22,26). The second kappa shape index (κ2) is 8.89. The zero-order chi connectivity index (χ0) is 21.1. The van der Waals surface area contributed by atoms with E-state index in [1.54, 1.807) is 16.9 Å². The van der Waals surface area contributed by atoms with Gasteiger partial charge in [-0.3, -0.25) is 9.48 Å². The lowest BCUT2D eigenvalue weighted by Gasteiger charge is -2.30. The van der Waals surface area contributed by atoms with Crippen LogP contribution in [0.1, 0.15) is 74.0 Å². The topological polar surface area (TPSA) is 110 Å². The summed E-state index contributed by atoms with van der Waals surface area (Å²) in [6.45, 7) is 3.30. The maximum atomic E-state index is 13.0. The Labute approximate surface area is 176 Å². The molecule has 0 radical (unpaired) electrons. The Kier molecular flexibility index (Phi) is 6.24. The van der Waals surface area contributed by atoms with Crippen LogP contribution in [0.5, 0.6) is 0 Å². The first kappa shape index (κ1) is 21.0. The third kappa shape index (κ3) is 4.44. The molecule has 1 saturated carbocycles. The molecule has 1 saturated heterocycles. The van der Waals surface area contributed by atoms with Gasteiger partial charge in [-0.1, -0.05) is 24.4 Å². The summed E-state index contributed by atoms with van der Waals surface area (Å²) in [6.07, 6.45) is 9.97. The predicted molar refractivity (Wildman–Crippen MR) is 109 cm³/mol. The molecule has 1 aliphatic carbocycles. The van der Waals surface area contributed by atoms with Crippen molar-refractivity contribution in [2.24, 2.45) is 0 Å². The van der Waals surface area contributed by atoms with Crippen LogP contribution in [-0.4, -0.2) is 52.7 Å². The van der Waals surface area contributed by atoms with E-state index in [1.165, 1.54) is 16.9 Å². The van der Waals surface area contributed by atoms with Crippen molar-refractivity contribution in [2.45, 2.75) is 75.3 Å². The van der Waals surface area contributed by atoms with E-state index >= 15 is 0 Å². The molecular weight excluding hydrogens is 406 g/mol. The van der Waals surface area contributed by atoms with Gasteiger partial charge < -0.3 is 9.84 Å². The lowest BCUT2D eigenvalue weighted by atomic mass is 9.95. The van der Waals surface area contributed by atoms with E-state index in [9.17, 15) is 13.2 Å². The van der Waals surface area contributed by atoms with Gasteiger partial charge in [0.05, 0.1) is 11.9 Å². The zero-order valence-electron chi connectivity index (χ0n) is 17.3. The summed E-state index contributed by atoms with van der Waals surface area (Å²) in [4.78, 5) is 12.7. The normalized spacial score (nSPS) is 21.6. The summed E-state index contributed by atoms with van der Waals surface area (Å²) in [6, 6.07) is 1.85. The van der Waals surface area contributed by atoms with Gasteiger partial charge in [0, 0.05) is 43.9 Å².